The van der Waals surface area contributed by atoms with Gasteiger partial charge < -0.3 is 10.1 Å². The molecule has 1 aromatic heterocycles. The van der Waals surface area contributed by atoms with Crippen molar-refractivity contribution in [2.75, 3.05) is 6.54 Å². The van der Waals surface area contributed by atoms with Gasteiger partial charge in [0.05, 0.1) is 6.42 Å². The maximum absolute atomic E-state index is 11.9. The summed E-state index contributed by atoms with van der Waals surface area (Å²) in [6.07, 6.45) is 0.365. The van der Waals surface area contributed by atoms with E-state index in [2.05, 4.69) is 15.4 Å². The van der Waals surface area contributed by atoms with E-state index >= 15 is 0 Å². The van der Waals surface area contributed by atoms with Crippen molar-refractivity contribution in [3.63, 3.8) is 0 Å². The van der Waals surface area contributed by atoms with Crippen molar-refractivity contribution in [3.05, 3.63) is 17.5 Å². The van der Waals surface area contributed by atoms with Crippen LogP contribution in [-0.4, -0.2) is 45.0 Å². The molecule has 0 aromatic carbocycles. The average Bonchev–Trinajstić information content (AvgIpc) is 3.15. The lowest BCUT2D eigenvalue weighted by Gasteiger charge is -2.13. The quantitative estimate of drug-likeness (QED) is 0.550. The minimum atomic E-state index is -3.65. The Bertz CT molecular complexity index is 728. The second kappa shape index (κ2) is 8.41. The summed E-state index contributed by atoms with van der Waals surface area (Å²) in [6.45, 7) is 1.17. The van der Waals surface area contributed by atoms with Gasteiger partial charge in [0.15, 0.2) is 6.10 Å². The molecule has 1 atom stereocenters. The third-order valence-electron chi connectivity index (χ3n) is 3.21. The molecule has 1 unspecified atom stereocenters. The lowest BCUT2D eigenvalue weighted by Crippen LogP contribution is -2.45. The fourth-order valence-electron chi connectivity index (χ4n) is 1.75. The third-order valence-corrected chi connectivity index (χ3v) is 6.07. The van der Waals surface area contributed by atoms with Gasteiger partial charge in [-0.25, -0.2) is 17.9 Å². The number of hydrogen-bond donors (Lipinski definition) is 3. The van der Waals surface area contributed by atoms with Crippen LogP contribution in [0.15, 0.2) is 21.7 Å². The first-order valence-electron chi connectivity index (χ1n) is 7.62. The molecule has 0 aliphatic heterocycles. The predicted molar refractivity (Wildman–Crippen MR) is 89.4 cm³/mol. The normalized spacial score (nSPS) is 15.2. The summed E-state index contributed by atoms with van der Waals surface area (Å²) < 4.78 is 31.0. The highest BCUT2D eigenvalue weighted by molar-refractivity contribution is 7.91. The zero-order valence-electron chi connectivity index (χ0n) is 13.5. The summed E-state index contributed by atoms with van der Waals surface area (Å²) in [7, 11) is -3.65. The zero-order valence-corrected chi connectivity index (χ0v) is 15.1. The van der Waals surface area contributed by atoms with Gasteiger partial charge in [-0.3, -0.25) is 14.9 Å². The highest BCUT2D eigenvalue weighted by Gasteiger charge is 2.26. The van der Waals surface area contributed by atoms with E-state index in [0.29, 0.717) is 0 Å². The molecule has 3 amide bonds. The van der Waals surface area contributed by atoms with Gasteiger partial charge in [0.25, 0.3) is 5.91 Å². The SMILES string of the molecule is CC(OC(=O)CCNS(=O)(=O)c1cccs1)C(=O)NC(=O)NC1CC1. The van der Waals surface area contributed by atoms with Gasteiger partial charge in [-0.2, -0.15) is 0 Å². The van der Waals surface area contributed by atoms with Crippen LogP contribution in [0.1, 0.15) is 26.2 Å². The molecular formula is C14H19N3O6S2. The Labute approximate surface area is 149 Å². The maximum Gasteiger partial charge on any atom is 0.321 e. The molecule has 0 bridgehead atoms. The molecular weight excluding hydrogens is 370 g/mol. The first-order chi connectivity index (χ1) is 11.8. The van der Waals surface area contributed by atoms with Crippen LogP contribution in [0, 0.1) is 0 Å². The first-order valence-corrected chi connectivity index (χ1v) is 9.98. The van der Waals surface area contributed by atoms with Gasteiger partial charge in [-0.1, -0.05) is 6.07 Å². The van der Waals surface area contributed by atoms with Gasteiger partial charge in [0, 0.05) is 12.6 Å². The topological polar surface area (TPSA) is 131 Å². The zero-order chi connectivity index (χ0) is 18.4. The Kier molecular flexibility index (Phi) is 6.51. The molecule has 3 N–H and O–H groups in total. The van der Waals surface area contributed by atoms with E-state index in [9.17, 15) is 22.8 Å². The van der Waals surface area contributed by atoms with Crippen molar-refractivity contribution in [2.24, 2.45) is 0 Å². The highest BCUT2D eigenvalue weighted by atomic mass is 32.2. The van der Waals surface area contributed by atoms with Gasteiger partial charge in [-0.05, 0) is 31.2 Å². The van der Waals surface area contributed by atoms with Crippen LogP contribution in [0.4, 0.5) is 4.79 Å². The standard InChI is InChI=1S/C14H19N3O6S2/c1-9(13(19)17-14(20)16-10-4-5-10)23-11(18)6-7-15-25(21,22)12-3-2-8-24-12/h2-3,8-10,15H,4-7H2,1H3,(H2,16,17,19,20). The van der Waals surface area contributed by atoms with Gasteiger partial charge in [0.1, 0.15) is 4.21 Å². The number of carbonyl (C=O) groups is 3. The van der Waals surface area contributed by atoms with Gasteiger partial charge in [0.2, 0.25) is 10.0 Å². The fraction of sp³-hybridized carbons (Fsp3) is 0.500. The number of thiophene rings is 1. The number of hydrogen-bond acceptors (Lipinski definition) is 7. The molecule has 25 heavy (non-hydrogen) atoms. The Morgan fingerprint density at radius 2 is 2.08 bits per heavy atom. The monoisotopic (exact) mass is 389 g/mol. The third kappa shape index (κ3) is 6.44. The van der Waals surface area contributed by atoms with E-state index in [1.165, 1.54) is 13.0 Å². The molecule has 1 aliphatic carbocycles. The summed E-state index contributed by atoms with van der Waals surface area (Å²) in [4.78, 5) is 34.8. The van der Waals surface area contributed by atoms with Crippen LogP contribution < -0.4 is 15.4 Å². The first kappa shape index (κ1) is 19.3. The van der Waals surface area contributed by atoms with Crippen molar-refractivity contribution in [1.82, 2.24) is 15.4 Å². The summed E-state index contributed by atoms with van der Waals surface area (Å²) >= 11 is 1.06. The Morgan fingerprint density at radius 3 is 2.68 bits per heavy atom. The van der Waals surface area contributed by atoms with Gasteiger partial charge >= 0.3 is 12.0 Å². The average molecular weight is 389 g/mol. The van der Waals surface area contributed by atoms with E-state index in [4.69, 9.17) is 4.74 Å². The van der Waals surface area contributed by atoms with E-state index < -0.39 is 34.0 Å². The largest absolute Gasteiger partial charge is 0.452 e. The molecule has 1 aromatic rings. The van der Waals surface area contributed by atoms with Crippen molar-refractivity contribution in [1.29, 1.82) is 0 Å². The molecule has 0 saturated heterocycles. The molecule has 1 saturated carbocycles. The molecule has 138 valence electrons. The summed E-state index contributed by atoms with van der Waals surface area (Å²) in [5.74, 6) is -1.50. The van der Waals surface area contributed by atoms with Crippen molar-refractivity contribution in [3.8, 4) is 0 Å². The van der Waals surface area contributed by atoms with Gasteiger partial charge in [-0.15, -0.1) is 11.3 Å². The van der Waals surface area contributed by atoms with Crippen molar-refractivity contribution < 1.29 is 27.5 Å². The molecule has 1 heterocycles. The Hall–Kier alpha value is -1.98. The maximum atomic E-state index is 11.9. The predicted octanol–water partition coefficient (Wildman–Crippen LogP) is 0.336. The summed E-state index contributed by atoms with van der Waals surface area (Å²) in [5, 5.41) is 6.28. The highest BCUT2D eigenvalue weighted by Crippen LogP contribution is 2.18. The van der Waals surface area contributed by atoms with Crippen molar-refractivity contribution in [2.45, 2.75) is 42.5 Å². The number of esters is 1. The number of ether oxygens (including phenoxy) is 1. The lowest BCUT2D eigenvalue weighted by atomic mass is 10.3. The van der Waals surface area contributed by atoms with E-state index in [-0.39, 0.29) is 23.2 Å². The molecule has 1 fully saturated rings. The number of nitrogens with one attached hydrogen (secondary N) is 3. The van der Waals surface area contributed by atoms with Crippen LogP contribution in [0.3, 0.4) is 0 Å². The molecule has 0 spiro atoms. The van der Waals surface area contributed by atoms with E-state index in [1.54, 1.807) is 11.4 Å². The molecule has 1 aliphatic rings. The number of urea groups is 1. The number of rotatable bonds is 8. The molecule has 2 rings (SSSR count). The van der Waals surface area contributed by atoms with Crippen LogP contribution in [0.5, 0.6) is 0 Å². The number of amides is 3. The minimum Gasteiger partial charge on any atom is -0.452 e. The molecule has 11 heteroatoms. The van der Waals surface area contributed by atoms with Crippen LogP contribution in [0.25, 0.3) is 0 Å². The smallest absolute Gasteiger partial charge is 0.321 e. The minimum absolute atomic E-state index is 0.0991. The van der Waals surface area contributed by atoms with Crippen molar-refractivity contribution >= 4 is 39.3 Å². The molecule has 0 radical (unpaired) electrons. The lowest BCUT2D eigenvalue weighted by molar-refractivity contribution is -0.154. The van der Waals surface area contributed by atoms with Crippen LogP contribution in [0.2, 0.25) is 0 Å². The summed E-state index contributed by atoms with van der Waals surface area (Å²) in [5.41, 5.74) is 0. The second-order valence-electron chi connectivity index (χ2n) is 5.45. The van der Waals surface area contributed by atoms with E-state index in [0.717, 1.165) is 24.2 Å². The van der Waals surface area contributed by atoms with Crippen LogP contribution >= 0.6 is 11.3 Å². The Morgan fingerprint density at radius 1 is 1.36 bits per heavy atom. The second-order valence-corrected chi connectivity index (χ2v) is 8.39. The Balaban J connectivity index is 1.68. The number of sulfonamides is 1. The van der Waals surface area contributed by atoms with E-state index in [1.807, 2.05) is 0 Å². The van der Waals surface area contributed by atoms with Crippen LogP contribution in [-0.2, 0) is 24.3 Å². The fourth-order valence-corrected chi connectivity index (χ4v) is 3.82. The molecule has 9 nitrogen and oxygen atoms in total. The number of carbonyl (C=O) groups excluding carboxylic acids is 3. The summed E-state index contributed by atoms with van der Waals surface area (Å²) in [6, 6.07) is 2.53. The number of imide groups is 1.